The number of hydrogen-bond acceptors (Lipinski definition) is 9. The SMILES string of the molecule is BrC/C=C/CBr.BrCCCCCCBr.BrCCCCCCCBr.BrCCOCCBr.CC(C)(C)OC(=O)C(Br)CCBr.COC(CBr)(CBr)OC.ClCc1cccc(CCl)c1.Cl[C@@H]1C=C[C@@H]1Cl.ICCCCCCCCI.NC(=O)C(Br)CBr.O=S1(=O)CC(Br)C(Br)C1.OCC(Br)CBr. The highest BCUT2D eigenvalue weighted by molar-refractivity contribution is 14.1. The van der Waals surface area contributed by atoms with Crippen molar-refractivity contribution >= 4 is 400 Å². The number of halogens is 24. The number of methoxy groups -OCH3 is 2. The van der Waals surface area contributed by atoms with Crippen LogP contribution in [-0.4, -0.2) is 195 Å². The first-order valence-corrected chi connectivity index (χ1v) is 57.3. The lowest BCUT2D eigenvalue weighted by molar-refractivity contribution is -0.169. The number of unbranched alkanes of at least 4 members (excludes halogenated alkanes) is 12. The quantitative estimate of drug-likeness (QED) is 0.0166. The summed E-state index contributed by atoms with van der Waals surface area (Å²) < 4.78 is 44.6. The molecule has 1 heterocycles. The molecular formula is C64H109Br18Cl4I2NO9S. The summed E-state index contributed by atoms with van der Waals surface area (Å²) in [6, 6.07) is 7.96. The molecule has 1 saturated heterocycles. The van der Waals surface area contributed by atoms with E-state index in [9.17, 15) is 18.0 Å². The minimum atomic E-state index is -2.74. The molecule has 5 unspecified atom stereocenters. The van der Waals surface area contributed by atoms with Gasteiger partial charge in [-0.05, 0) is 85.7 Å². The smallest absolute Gasteiger partial charge is 0.320 e. The van der Waals surface area contributed by atoms with Crippen LogP contribution in [-0.2, 0) is 50.1 Å². The molecule has 0 spiro atoms. The normalized spacial score (nSPS) is 15.9. The van der Waals surface area contributed by atoms with Crippen molar-refractivity contribution in [2.75, 3.05) is 124 Å². The van der Waals surface area contributed by atoms with E-state index in [0.717, 1.165) is 73.4 Å². The van der Waals surface area contributed by atoms with Crippen LogP contribution in [0.1, 0.15) is 135 Å². The summed E-state index contributed by atoms with van der Waals surface area (Å²) >= 11 is 85.7. The maximum absolute atomic E-state index is 11.3. The van der Waals surface area contributed by atoms with E-state index >= 15 is 0 Å². The number of aliphatic hydroxyl groups excluding tert-OH is 1. The molecule has 99 heavy (non-hydrogen) atoms. The number of carbonyl (C=O) groups excluding carboxylic acids is 2. The van der Waals surface area contributed by atoms with Gasteiger partial charge in [-0.25, -0.2) is 8.42 Å². The van der Waals surface area contributed by atoms with Crippen LogP contribution in [0.2, 0.25) is 0 Å². The number of primary amides is 1. The number of sulfone groups is 1. The van der Waals surface area contributed by atoms with Gasteiger partial charge in [0.1, 0.15) is 15.3 Å². The van der Waals surface area contributed by atoms with Crippen LogP contribution in [0.15, 0.2) is 48.6 Å². The van der Waals surface area contributed by atoms with Crippen molar-refractivity contribution in [3.8, 4) is 0 Å². The van der Waals surface area contributed by atoms with Gasteiger partial charge in [-0.3, -0.25) is 9.59 Å². The van der Waals surface area contributed by atoms with E-state index in [4.69, 9.17) is 76.2 Å². The van der Waals surface area contributed by atoms with Gasteiger partial charge in [0.2, 0.25) is 5.91 Å². The Balaban J connectivity index is -0.000000128. The number of alkyl halides is 24. The van der Waals surface area contributed by atoms with E-state index in [-0.39, 0.29) is 64.9 Å². The third-order valence-corrected chi connectivity index (χ3v) is 30.4. The second kappa shape index (κ2) is 99.1. The molecular weight excluding hydrogens is 2790 g/mol. The number of esters is 1. The minimum absolute atomic E-state index is 0.0895. The van der Waals surface area contributed by atoms with Gasteiger partial charge >= 0.3 is 5.97 Å². The molecule has 10 nitrogen and oxygen atoms in total. The Morgan fingerprint density at radius 3 is 1.12 bits per heavy atom. The lowest BCUT2D eigenvalue weighted by atomic mass is 10.1. The van der Waals surface area contributed by atoms with E-state index in [1.807, 2.05) is 57.2 Å². The molecule has 0 radical (unpaired) electrons. The zero-order chi connectivity index (χ0) is 78.2. The van der Waals surface area contributed by atoms with Crippen molar-refractivity contribution in [2.24, 2.45) is 5.73 Å². The number of amides is 1. The van der Waals surface area contributed by atoms with Crippen LogP contribution in [0.4, 0.5) is 0 Å². The van der Waals surface area contributed by atoms with E-state index in [2.05, 4.69) is 344 Å². The zero-order valence-corrected chi connectivity index (χ0v) is 94.0. The molecule has 7 atom stereocenters. The van der Waals surface area contributed by atoms with Crippen molar-refractivity contribution in [3.05, 3.63) is 59.7 Å². The summed E-state index contributed by atoms with van der Waals surface area (Å²) in [5.41, 5.74) is 6.69. The van der Waals surface area contributed by atoms with Gasteiger partial charge in [0, 0.05) is 99.1 Å². The van der Waals surface area contributed by atoms with Crippen molar-refractivity contribution in [3.63, 3.8) is 0 Å². The Kier molecular flexibility index (Phi) is 126. The summed E-state index contributed by atoms with van der Waals surface area (Å²) in [5.74, 6) is 0.625. The maximum atomic E-state index is 11.3. The fourth-order valence-corrected chi connectivity index (χ4v) is 18.3. The lowest BCUT2D eigenvalue weighted by Crippen LogP contribution is -2.37. The number of allylic oxidation sites excluding steroid dienone is 4. The summed E-state index contributed by atoms with van der Waals surface area (Å²) in [5, 5.41) is 20.4. The molecule has 598 valence electrons. The molecule has 1 fully saturated rings. The number of ether oxygens (including phenoxy) is 4. The number of carbonyl (C=O) groups is 2. The molecule has 1 aliphatic carbocycles. The highest BCUT2D eigenvalue weighted by atomic mass is 127. The standard InChI is InChI=1S/C8H14Br2O2.C8H8Cl2.C8H16I2.C7H14Br2.C6H12Br2.C5H10Br2O2.C4H6Br2O2S.C4H8Br2O.C4H6Br2.C4H4Cl2.C3H5Br2NO.C3H6Br2O/c1-8(2,3)12-7(11)6(10)4-5-9;9-5-7-2-1-3-8(4-7)6-10;9-7-5-3-1-2-4-6-8-10;8-6-4-2-1-3-5-7-9;7-5-3-1-2-4-6-8;1-8-5(3-6,4-7)9-2;5-3-1-9(7,8)2-4(3)6;5-1-3-7-4-2-6;5-3-1-2-4-6;5-3-1-2-4(3)6;4-1-2(5)3(6)7;4-1-3(5)2-6/h6H,4-5H2,1-3H3;1-4H,5-6H2;1-8H2;1-7H2;1-6H2;3-4H2,1-2H3;3-4H,1-2H2;1-4H2;1-2H,3-4H2;1-4H;2H,1H2,(H2,6,7);3,6H,1-2H2/b;;;;;;;;2-1+;;;/t;;;;;;;;;3-,4+;;. The predicted octanol–water partition coefficient (Wildman–Crippen LogP) is 27.7. The van der Waals surface area contributed by atoms with E-state index in [1.165, 1.54) is 116 Å². The van der Waals surface area contributed by atoms with E-state index in [1.54, 1.807) is 14.2 Å². The van der Waals surface area contributed by atoms with Gasteiger partial charge in [0.15, 0.2) is 15.6 Å². The Labute approximate surface area is 799 Å². The molecule has 1 aliphatic heterocycles. The molecule has 3 rings (SSSR count). The molecule has 0 bridgehead atoms. The van der Waals surface area contributed by atoms with Crippen molar-refractivity contribution in [2.45, 2.75) is 182 Å². The van der Waals surface area contributed by atoms with Crippen LogP contribution in [0.5, 0.6) is 0 Å². The number of rotatable bonds is 37. The maximum Gasteiger partial charge on any atom is 0.320 e. The number of nitrogens with two attached hydrogens (primary N) is 1. The lowest BCUT2D eigenvalue weighted by Gasteiger charge is -2.25. The van der Waals surface area contributed by atoms with Crippen molar-refractivity contribution in [1.82, 2.24) is 0 Å². The topological polar surface area (TPSA) is 151 Å². The zero-order valence-electron chi connectivity index (χ0n) is 57.3. The van der Waals surface area contributed by atoms with E-state index < -0.39 is 21.2 Å². The van der Waals surface area contributed by atoms with E-state index in [0.29, 0.717) is 27.8 Å². The van der Waals surface area contributed by atoms with Crippen LogP contribution in [0.25, 0.3) is 0 Å². The highest BCUT2D eigenvalue weighted by Gasteiger charge is 2.34. The first-order chi connectivity index (χ1) is 46.8. The van der Waals surface area contributed by atoms with Gasteiger partial charge in [0.05, 0.1) is 52.7 Å². The Bertz CT molecular complexity index is 1880. The van der Waals surface area contributed by atoms with Gasteiger partial charge in [-0.2, -0.15) is 0 Å². The second-order valence-electron chi connectivity index (χ2n) is 20.7. The summed E-state index contributed by atoms with van der Waals surface area (Å²) in [4.78, 5) is 21.3. The first-order valence-electron chi connectivity index (χ1n) is 31.3. The first kappa shape index (κ1) is 126. The predicted molar refractivity (Wildman–Crippen MR) is 526 cm³/mol. The van der Waals surface area contributed by atoms with Crippen LogP contribution < -0.4 is 5.73 Å². The second-order valence-corrected chi connectivity index (χ2v) is 41.7. The molecule has 1 amide bonds. The summed E-state index contributed by atoms with van der Waals surface area (Å²) in [6.45, 7) is 7.40. The molecule has 2 aliphatic rings. The van der Waals surface area contributed by atoms with Gasteiger partial charge in [-0.15, -0.1) is 46.4 Å². The fourth-order valence-electron chi connectivity index (χ4n) is 5.37. The Morgan fingerprint density at radius 2 is 0.949 bits per heavy atom. The number of benzene rings is 1. The van der Waals surface area contributed by atoms with Crippen LogP contribution in [0.3, 0.4) is 0 Å². The number of hydrogen-bond donors (Lipinski definition) is 2. The Morgan fingerprint density at radius 1 is 0.596 bits per heavy atom. The average molecular weight is 2900 g/mol. The molecule has 1 aromatic rings. The van der Waals surface area contributed by atoms with Crippen molar-refractivity contribution in [1.29, 1.82) is 0 Å². The van der Waals surface area contributed by atoms with Gasteiger partial charge in [0.25, 0.3) is 0 Å². The fraction of sp³-hybridized carbons (Fsp3) is 0.812. The largest absolute Gasteiger partial charge is 0.459 e. The number of aliphatic hydroxyl groups is 1. The molecule has 1 aromatic carbocycles. The molecule has 35 heteroatoms. The van der Waals surface area contributed by atoms with Gasteiger partial charge in [-0.1, -0.05) is 438 Å². The third-order valence-electron chi connectivity index (χ3n) is 10.9. The summed E-state index contributed by atoms with van der Waals surface area (Å²) in [6.07, 6.45) is 29.5. The highest BCUT2D eigenvalue weighted by Crippen LogP contribution is 2.25. The summed E-state index contributed by atoms with van der Waals surface area (Å²) in [7, 11) is 0.496. The van der Waals surface area contributed by atoms with Crippen LogP contribution in [0, 0.1) is 0 Å². The minimum Gasteiger partial charge on any atom is -0.459 e. The Hall–Kier alpha value is 8.69. The third kappa shape index (κ3) is 107. The average Bonchev–Trinajstić information content (AvgIpc) is 1.73. The van der Waals surface area contributed by atoms with Crippen molar-refractivity contribution < 1.29 is 42.1 Å². The molecule has 0 saturated carbocycles. The van der Waals surface area contributed by atoms with Crippen LogP contribution >= 0.6 is 378 Å². The van der Waals surface area contributed by atoms with Gasteiger partial charge < -0.3 is 29.8 Å². The monoisotopic (exact) mass is 2880 g/mol. The molecule has 0 aromatic heterocycles. The molecule has 3 N–H and O–H groups in total.